The Hall–Kier alpha value is -3.06. The van der Waals surface area contributed by atoms with Crippen molar-refractivity contribution in [2.45, 2.75) is 12.8 Å². The Balaban J connectivity index is 2.11. The van der Waals surface area contributed by atoms with Crippen molar-refractivity contribution in [1.82, 2.24) is 0 Å². The van der Waals surface area contributed by atoms with Gasteiger partial charge in [-0.25, -0.2) is 13.2 Å². The molecule has 25 heavy (non-hydrogen) atoms. The largest absolute Gasteiger partial charge is 0.206 e. The molecule has 0 aliphatic heterocycles. The van der Waals surface area contributed by atoms with Crippen LogP contribution >= 0.6 is 0 Å². The van der Waals surface area contributed by atoms with Crippen LogP contribution in [-0.4, -0.2) is 0 Å². The molecular formula is C21H14F3N. The highest BCUT2D eigenvalue weighted by Crippen LogP contribution is 2.31. The molecule has 0 aromatic heterocycles. The van der Waals surface area contributed by atoms with Crippen LogP contribution in [0.2, 0.25) is 0 Å². The van der Waals surface area contributed by atoms with Crippen LogP contribution in [-0.2, 0) is 6.42 Å². The molecule has 0 saturated carbocycles. The molecule has 0 spiro atoms. The number of nitriles is 1. The van der Waals surface area contributed by atoms with Gasteiger partial charge < -0.3 is 0 Å². The maximum atomic E-state index is 14.4. The lowest BCUT2D eigenvalue weighted by atomic mass is 9.97. The molecule has 3 rings (SSSR count). The molecule has 3 aromatic rings. The summed E-state index contributed by atoms with van der Waals surface area (Å²) in [5.74, 6) is -1.95. The normalized spacial score (nSPS) is 10.6. The highest BCUT2D eigenvalue weighted by molar-refractivity contribution is 5.89. The van der Waals surface area contributed by atoms with Gasteiger partial charge >= 0.3 is 0 Å². The zero-order valence-electron chi connectivity index (χ0n) is 13.3. The Kier molecular flexibility index (Phi) is 4.58. The van der Waals surface area contributed by atoms with E-state index in [0.29, 0.717) is 29.4 Å². The quantitative estimate of drug-likeness (QED) is 0.543. The van der Waals surface area contributed by atoms with E-state index in [1.165, 1.54) is 36.4 Å². The van der Waals surface area contributed by atoms with Crippen LogP contribution in [0, 0.1) is 28.8 Å². The van der Waals surface area contributed by atoms with Crippen molar-refractivity contribution < 1.29 is 13.2 Å². The predicted molar refractivity (Wildman–Crippen MR) is 92.5 cm³/mol. The van der Waals surface area contributed by atoms with E-state index in [4.69, 9.17) is 5.26 Å². The molecule has 0 N–H and O–H groups in total. The fourth-order valence-electron chi connectivity index (χ4n) is 2.85. The third-order valence-electron chi connectivity index (χ3n) is 4.10. The minimum atomic E-state index is -0.660. The van der Waals surface area contributed by atoms with Gasteiger partial charge in [-0.1, -0.05) is 24.3 Å². The van der Waals surface area contributed by atoms with Crippen LogP contribution in [0.5, 0.6) is 0 Å². The van der Waals surface area contributed by atoms with Crippen molar-refractivity contribution in [3.05, 3.63) is 83.7 Å². The van der Waals surface area contributed by atoms with E-state index in [-0.39, 0.29) is 16.5 Å². The van der Waals surface area contributed by atoms with Crippen LogP contribution in [0.4, 0.5) is 13.2 Å². The molecule has 0 saturated heterocycles. The van der Waals surface area contributed by atoms with Gasteiger partial charge in [-0.2, -0.15) is 5.26 Å². The van der Waals surface area contributed by atoms with Gasteiger partial charge in [0.25, 0.3) is 0 Å². The molecule has 0 radical (unpaired) electrons. The second-order valence-corrected chi connectivity index (χ2v) is 5.74. The van der Waals surface area contributed by atoms with E-state index in [1.807, 2.05) is 0 Å². The molecule has 0 bridgehead atoms. The molecule has 0 heterocycles. The Morgan fingerprint density at radius 2 is 1.72 bits per heavy atom. The fourth-order valence-corrected chi connectivity index (χ4v) is 2.85. The Bertz CT molecular complexity index is 993. The first-order valence-electron chi connectivity index (χ1n) is 7.76. The highest BCUT2D eigenvalue weighted by Gasteiger charge is 2.15. The summed E-state index contributed by atoms with van der Waals surface area (Å²) in [7, 11) is 0. The molecule has 0 unspecified atom stereocenters. The Labute approximate surface area is 143 Å². The fraction of sp³-hybridized carbons (Fsp3) is 0.0952. The van der Waals surface area contributed by atoms with Gasteiger partial charge in [0.2, 0.25) is 0 Å². The molecule has 4 heteroatoms. The standard InChI is InChI=1S/C21H14F3N/c1-2-3-4-13-9-18(22)20(19(23)10-13)15-7-8-17-14(11-15)5-6-16(12-25)21(17)24/h2,5-11H,1,3-4H2. The smallest absolute Gasteiger partial charge is 0.148 e. The van der Waals surface area contributed by atoms with Gasteiger partial charge in [0.1, 0.15) is 23.5 Å². The second-order valence-electron chi connectivity index (χ2n) is 5.74. The first kappa shape index (κ1) is 16.8. The number of hydrogen-bond donors (Lipinski definition) is 0. The van der Waals surface area contributed by atoms with Crippen LogP contribution in [0.1, 0.15) is 17.5 Å². The van der Waals surface area contributed by atoms with Gasteiger partial charge in [0, 0.05) is 5.39 Å². The number of rotatable bonds is 4. The number of aryl methyl sites for hydroxylation is 1. The lowest BCUT2D eigenvalue weighted by molar-refractivity contribution is 0.586. The summed E-state index contributed by atoms with van der Waals surface area (Å²) in [6.07, 6.45) is 2.84. The van der Waals surface area contributed by atoms with E-state index < -0.39 is 17.5 Å². The van der Waals surface area contributed by atoms with Crippen molar-refractivity contribution in [2.75, 3.05) is 0 Å². The lowest BCUT2D eigenvalue weighted by Crippen LogP contribution is -1.95. The first-order chi connectivity index (χ1) is 12.0. The monoisotopic (exact) mass is 337 g/mol. The van der Waals surface area contributed by atoms with Crippen LogP contribution in [0.25, 0.3) is 21.9 Å². The number of fused-ring (bicyclic) bond motifs is 1. The number of halogens is 3. The topological polar surface area (TPSA) is 23.8 Å². The molecule has 0 aliphatic rings. The summed E-state index contributed by atoms with van der Waals surface area (Å²) in [5, 5.41) is 9.59. The number of hydrogen-bond acceptors (Lipinski definition) is 1. The van der Waals surface area contributed by atoms with E-state index >= 15 is 0 Å². The zero-order chi connectivity index (χ0) is 18.0. The van der Waals surface area contributed by atoms with Crippen molar-refractivity contribution in [3.8, 4) is 17.2 Å². The van der Waals surface area contributed by atoms with Gasteiger partial charge in [-0.15, -0.1) is 6.58 Å². The summed E-state index contributed by atoms with van der Waals surface area (Å²) in [6.45, 7) is 3.60. The second kappa shape index (κ2) is 6.82. The summed E-state index contributed by atoms with van der Waals surface area (Å²) >= 11 is 0. The summed E-state index contributed by atoms with van der Waals surface area (Å²) in [5.41, 5.74) is 0.671. The molecule has 3 aromatic carbocycles. The van der Waals surface area contributed by atoms with E-state index in [2.05, 4.69) is 6.58 Å². The number of benzene rings is 3. The molecule has 1 nitrogen and oxygen atoms in total. The molecular weight excluding hydrogens is 323 g/mol. The minimum Gasteiger partial charge on any atom is -0.206 e. The van der Waals surface area contributed by atoms with Gasteiger partial charge in [0.15, 0.2) is 0 Å². The van der Waals surface area contributed by atoms with Crippen molar-refractivity contribution in [2.24, 2.45) is 0 Å². The van der Waals surface area contributed by atoms with Crippen LogP contribution < -0.4 is 0 Å². The summed E-state index contributed by atoms with van der Waals surface area (Å²) in [4.78, 5) is 0. The third kappa shape index (κ3) is 3.14. The molecule has 0 amide bonds. The van der Waals surface area contributed by atoms with Gasteiger partial charge in [-0.05, 0) is 53.6 Å². The van der Waals surface area contributed by atoms with Crippen molar-refractivity contribution >= 4 is 10.8 Å². The van der Waals surface area contributed by atoms with Crippen LogP contribution in [0.15, 0.2) is 55.1 Å². The van der Waals surface area contributed by atoms with E-state index in [0.717, 1.165) is 0 Å². The summed E-state index contributed by atoms with van der Waals surface area (Å²) < 4.78 is 43.0. The summed E-state index contributed by atoms with van der Waals surface area (Å²) in [6, 6.07) is 11.7. The molecule has 0 aliphatic carbocycles. The predicted octanol–water partition coefficient (Wildman–Crippen LogP) is 5.91. The lowest BCUT2D eigenvalue weighted by Gasteiger charge is -2.10. The van der Waals surface area contributed by atoms with Crippen LogP contribution in [0.3, 0.4) is 0 Å². The Morgan fingerprint density at radius 3 is 2.36 bits per heavy atom. The van der Waals surface area contributed by atoms with Crippen molar-refractivity contribution in [3.63, 3.8) is 0 Å². The third-order valence-corrected chi connectivity index (χ3v) is 4.10. The maximum absolute atomic E-state index is 14.4. The minimum absolute atomic E-state index is 0.0656. The average Bonchev–Trinajstić information content (AvgIpc) is 2.59. The van der Waals surface area contributed by atoms with Crippen molar-refractivity contribution in [1.29, 1.82) is 5.26 Å². The van der Waals surface area contributed by atoms with E-state index in [1.54, 1.807) is 18.2 Å². The first-order valence-corrected chi connectivity index (χ1v) is 7.76. The molecule has 124 valence electrons. The maximum Gasteiger partial charge on any atom is 0.148 e. The molecule has 0 fully saturated rings. The van der Waals surface area contributed by atoms with E-state index in [9.17, 15) is 13.2 Å². The van der Waals surface area contributed by atoms with Gasteiger partial charge in [-0.3, -0.25) is 0 Å². The Morgan fingerprint density at radius 1 is 1.00 bits per heavy atom. The highest BCUT2D eigenvalue weighted by atomic mass is 19.1. The molecule has 0 atom stereocenters. The number of allylic oxidation sites excluding steroid dienone is 1. The number of nitrogens with zero attached hydrogens (tertiary/aromatic N) is 1. The average molecular weight is 337 g/mol. The SMILES string of the molecule is C=CCCc1cc(F)c(-c2ccc3c(F)c(C#N)ccc3c2)c(F)c1. The zero-order valence-corrected chi connectivity index (χ0v) is 13.3. The van der Waals surface area contributed by atoms with Gasteiger partial charge in [0.05, 0.1) is 11.1 Å².